The van der Waals surface area contributed by atoms with Crippen LogP contribution < -0.4 is 0 Å². The average Bonchev–Trinajstić information content (AvgIpc) is 3.34. The third-order valence-electron chi connectivity index (χ3n) is 5.91. The number of fused-ring (bicyclic) bond motifs is 1. The quantitative estimate of drug-likeness (QED) is 0.439. The number of halogens is 1. The lowest BCUT2D eigenvalue weighted by Crippen LogP contribution is -2.14. The van der Waals surface area contributed by atoms with Crippen LogP contribution in [0.15, 0.2) is 61.1 Å². The van der Waals surface area contributed by atoms with Gasteiger partial charge in [-0.1, -0.05) is 17.9 Å². The summed E-state index contributed by atoms with van der Waals surface area (Å²) in [7, 11) is 0. The molecule has 0 bridgehead atoms. The lowest BCUT2D eigenvalue weighted by atomic mass is 10.0. The number of pyridine rings is 1. The number of aromatic nitrogens is 3. The molecule has 1 aliphatic rings. The molecule has 160 valence electrons. The molecule has 1 fully saturated rings. The molecule has 0 atom stereocenters. The van der Waals surface area contributed by atoms with Gasteiger partial charge in [0.2, 0.25) is 0 Å². The molecule has 0 amide bonds. The van der Waals surface area contributed by atoms with E-state index >= 15 is 0 Å². The van der Waals surface area contributed by atoms with Gasteiger partial charge in [0, 0.05) is 33.8 Å². The molecule has 4 aromatic rings. The third-order valence-corrected chi connectivity index (χ3v) is 5.91. The molecule has 1 aliphatic carbocycles. The van der Waals surface area contributed by atoms with Crippen molar-refractivity contribution in [1.82, 2.24) is 14.5 Å². The highest BCUT2D eigenvalue weighted by Gasteiger charge is 2.41. The molecule has 2 aromatic carbocycles. The summed E-state index contributed by atoms with van der Waals surface area (Å²) in [4.78, 5) is 9.26. The van der Waals surface area contributed by atoms with E-state index in [1.165, 1.54) is 12.1 Å². The summed E-state index contributed by atoms with van der Waals surface area (Å²) >= 11 is 0. The number of rotatable bonds is 3. The molecule has 0 unspecified atom stereocenters. The maximum atomic E-state index is 13.5. The molecule has 2 heterocycles. The van der Waals surface area contributed by atoms with Crippen LogP contribution in [-0.4, -0.2) is 25.2 Å². The molecule has 1 N–H and O–H groups in total. The zero-order valence-corrected chi connectivity index (χ0v) is 18.4. The fourth-order valence-electron chi connectivity index (χ4n) is 3.85. The predicted octanol–water partition coefficient (Wildman–Crippen LogP) is 5.54. The Kier molecular flexibility index (Phi) is 4.65. The van der Waals surface area contributed by atoms with Gasteiger partial charge in [0.15, 0.2) is 0 Å². The summed E-state index contributed by atoms with van der Waals surface area (Å²) in [6.45, 7) is 5.55. The second kappa shape index (κ2) is 7.29. The molecule has 32 heavy (non-hydrogen) atoms. The SMILES string of the molecule is CC(C)(O)C#Cc1cnc2ccc(-c3c(-c4ccc(F)cc4)ncn3C3(C)CC3)cc2c1. The van der Waals surface area contributed by atoms with Crippen molar-refractivity contribution in [2.45, 2.75) is 44.8 Å². The van der Waals surface area contributed by atoms with Gasteiger partial charge in [-0.25, -0.2) is 9.37 Å². The average molecular weight is 426 g/mol. The Hall–Kier alpha value is -3.49. The van der Waals surface area contributed by atoms with Gasteiger partial charge in [-0.2, -0.15) is 0 Å². The van der Waals surface area contributed by atoms with Crippen LogP contribution in [0.1, 0.15) is 39.2 Å². The third kappa shape index (κ3) is 3.90. The zero-order chi connectivity index (χ0) is 22.5. The normalized spacial score (nSPS) is 14.8. The Morgan fingerprint density at radius 2 is 1.75 bits per heavy atom. The van der Waals surface area contributed by atoms with Crippen LogP contribution in [0.3, 0.4) is 0 Å². The van der Waals surface area contributed by atoms with Crippen molar-refractivity contribution in [3.63, 3.8) is 0 Å². The van der Waals surface area contributed by atoms with E-state index in [1.54, 1.807) is 32.2 Å². The van der Waals surface area contributed by atoms with Crippen molar-refractivity contribution >= 4 is 10.9 Å². The second-order valence-corrected chi connectivity index (χ2v) is 9.26. The molecule has 0 radical (unpaired) electrons. The van der Waals surface area contributed by atoms with Gasteiger partial charge in [-0.15, -0.1) is 0 Å². The monoisotopic (exact) mass is 425 g/mol. The highest BCUT2D eigenvalue weighted by Crippen LogP contribution is 2.47. The van der Waals surface area contributed by atoms with Crippen LogP contribution in [0.2, 0.25) is 0 Å². The lowest BCUT2D eigenvalue weighted by Gasteiger charge is -2.17. The number of benzene rings is 2. The molecule has 5 heteroatoms. The smallest absolute Gasteiger partial charge is 0.123 e. The molecule has 4 nitrogen and oxygen atoms in total. The Balaban J connectivity index is 1.66. The van der Waals surface area contributed by atoms with E-state index in [-0.39, 0.29) is 11.4 Å². The van der Waals surface area contributed by atoms with Crippen molar-refractivity contribution in [2.24, 2.45) is 0 Å². The summed E-state index contributed by atoms with van der Waals surface area (Å²) in [5, 5.41) is 10.9. The first-order valence-corrected chi connectivity index (χ1v) is 10.7. The summed E-state index contributed by atoms with van der Waals surface area (Å²) in [6, 6.07) is 14.6. The van der Waals surface area contributed by atoms with Gasteiger partial charge in [0.1, 0.15) is 11.4 Å². The minimum atomic E-state index is -1.06. The van der Waals surface area contributed by atoms with E-state index in [4.69, 9.17) is 4.98 Å². The van der Waals surface area contributed by atoms with E-state index in [0.29, 0.717) is 0 Å². The van der Waals surface area contributed by atoms with Gasteiger partial charge in [0.05, 0.1) is 23.2 Å². The van der Waals surface area contributed by atoms with Crippen LogP contribution in [0.4, 0.5) is 4.39 Å². The van der Waals surface area contributed by atoms with Crippen molar-refractivity contribution in [1.29, 1.82) is 0 Å². The van der Waals surface area contributed by atoms with Gasteiger partial charge in [-0.05, 0) is 76.1 Å². The highest BCUT2D eigenvalue weighted by molar-refractivity contribution is 5.88. The van der Waals surface area contributed by atoms with E-state index < -0.39 is 5.60 Å². The summed E-state index contributed by atoms with van der Waals surface area (Å²) in [6.07, 6.45) is 5.82. The van der Waals surface area contributed by atoms with E-state index in [0.717, 1.165) is 51.8 Å². The molecule has 0 aliphatic heterocycles. The fraction of sp³-hybridized carbons (Fsp3) is 0.259. The van der Waals surface area contributed by atoms with Crippen molar-refractivity contribution < 1.29 is 9.50 Å². The maximum absolute atomic E-state index is 13.5. The van der Waals surface area contributed by atoms with Crippen LogP contribution in [0, 0.1) is 17.7 Å². The van der Waals surface area contributed by atoms with Crippen LogP contribution in [0.25, 0.3) is 33.4 Å². The maximum Gasteiger partial charge on any atom is 0.123 e. The van der Waals surface area contributed by atoms with E-state index in [2.05, 4.69) is 40.4 Å². The largest absolute Gasteiger partial charge is 0.378 e. The summed E-state index contributed by atoms with van der Waals surface area (Å²) in [5.74, 6) is 5.58. The molecular weight excluding hydrogens is 401 g/mol. The van der Waals surface area contributed by atoms with Crippen LogP contribution in [0.5, 0.6) is 0 Å². The standard InChI is InChI=1S/C27H24FN3O/c1-26(2,32)11-10-18-14-21-15-20(6-9-23(21)29-16-18)25-24(19-4-7-22(28)8-5-19)30-17-31(25)27(3)12-13-27/h4-9,14-17,32H,12-13H2,1-3H3. The number of hydrogen-bond acceptors (Lipinski definition) is 3. The zero-order valence-electron chi connectivity index (χ0n) is 18.4. The van der Waals surface area contributed by atoms with Crippen LogP contribution in [-0.2, 0) is 5.54 Å². The molecule has 5 rings (SSSR count). The van der Waals surface area contributed by atoms with Gasteiger partial charge < -0.3 is 9.67 Å². The first kappa shape index (κ1) is 20.4. The van der Waals surface area contributed by atoms with Gasteiger partial charge in [-0.3, -0.25) is 4.98 Å². The Morgan fingerprint density at radius 3 is 2.44 bits per heavy atom. The van der Waals surface area contributed by atoms with Crippen molar-refractivity contribution in [2.75, 3.05) is 0 Å². The van der Waals surface area contributed by atoms with E-state index in [9.17, 15) is 9.50 Å². The first-order valence-electron chi connectivity index (χ1n) is 10.7. The number of hydrogen-bond donors (Lipinski definition) is 1. The summed E-state index contributed by atoms with van der Waals surface area (Å²) < 4.78 is 15.8. The lowest BCUT2D eigenvalue weighted by molar-refractivity contribution is 0.143. The fourth-order valence-corrected chi connectivity index (χ4v) is 3.85. The number of imidazole rings is 1. The molecule has 2 aromatic heterocycles. The van der Waals surface area contributed by atoms with Crippen LogP contribution >= 0.6 is 0 Å². The summed E-state index contributed by atoms with van der Waals surface area (Å²) in [5.41, 5.74) is 4.37. The first-order chi connectivity index (χ1) is 15.2. The Morgan fingerprint density at radius 1 is 1.03 bits per heavy atom. The highest BCUT2D eigenvalue weighted by atomic mass is 19.1. The topological polar surface area (TPSA) is 50.9 Å². The van der Waals surface area contributed by atoms with Gasteiger partial charge >= 0.3 is 0 Å². The number of aliphatic hydroxyl groups is 1. The van der Waals surface area contributed by atoms with E-state index in [1.807, 2.05) is 18.5 Å². The molecule has 0 saturated heterocycles. The minimum Gasteiger partial charge on any atom is -0.378 e. The minimum absolute atomic E-state index is 0.0495. The van der Waals surface area contributed by atoms with Crippen molar-refractivity contribution in [3.8, 4) is 34.4 Å². The Labute approximate surface area is 186 Å². The Bertz CT molecular complexity index is 1380. The predicted molar refractivity (Wildman–Crippen MR) is 124 cm³/mol. The molecular formula is C27H24FN3O. The van der Waals surface area contributed by atoms with Gasteiger partial charge in [0.25, 0.3) is 0 Å². The second-order valence-electron chi connectivity index (χ2n) is 9.26. The molecule has 0 spiro atoms. The molecule has 1 saturated carbocycles. The van der Waals surface area contributed by atoms with Crippen molar-refractivity contribution in [3.05, 3.63) is 72.4 Å². The number of nitrogens with zero attached hydrogens (tertiary/aromatic N) is 3.